The Hall–Kier alpha value is -3.01. The first kappa shape index (κ1) is 12.7. The monoisotopic (exact) mass is 288 g/mol. The molecule has 0 atom stereocenters. The average Bonchev–Trinajstić information content (AvgIpc) is 2.98. The van der Waals surface area contributed by atoms with Gasteiger partial charge in [0.1, 0.15) is 11.4 Å². The number of hydrogen-bond acceptors (Lipinski definition) is 3. The molecule has 106 valence electrons. The number of pyridine rings is 1. The summed E-state index contributed by atoms with van der Waals surface area (Å²) in [7, 11) is 0. The maximum absolute atomic E-state index is 12.7. The van der Waals surface area contributed by atoms with E-state index < -0.39 is 0 Å². The summed E-state index contributed by atoms with van der Waals surface area (Å²) >= 11 is 0. The molecule has 2 aromatic heterocycles. The van der Waals surface area contributed by atoms with E-state index in [2.05, 4.69) is 4.98 Å². The van der Waals surface area contributed by atoms with Crippen LogP contribution >= 0.6 is 0 Å². The van der Waals surface area contributed by atoms with E-state index in [0.29, 0.717) is 23.4 Å². The van der Waals surface area contributed by atoms with Crippen molar-refractivity contribution in [2.75, 3.05) is 0 Å². The third kappa shape index (κ3) is 1.81. The Morgan fingerprint density at radius 1 is 0.864 bits per heavy atom. The molecule has 1 aliphatic rings. The third-order valence-electron chi connectivity index (χ3n) is 3.89. The molecule has 22 heavy (non-hydrogen) atoms. The second-order valence-electron chi connectivity index (χ2n) is 5.25. The van der Waals surface area contributed by atoms with Crippen LogP contribution in [0.4, 0.5) is 0 Å². The van der Waals surface area contributed by atoms with E-state index >= 15 is 0 Å². The van der Waals surface area contributed by atoms with E-state index in [-0.39, 0.29) is 17.3 Å². The Kier molecular flexibility index (Phi) is 2.76. The van der Waals surface area contributed by atoms with Crippen LogP contribution in [0.1, 0.15) is 37.7 Å². The predicted octanol–water partition coefficient (Wildman–Crippen LogP) is 2.71. The van der Waals surface area contributed by atoms with Crippen molar-refractivity contribution >= 4 is 11.6 Å². The molecule has 0 saturated heterocycles. The molecule has 1 aromatic carbocycles. The van der Waals surface area contributed by atoms with Crippen LogP contribution < -0.4 is 0 Å². The van der Waals surface area contributed by atoms with Gasteiger partial charge in [0.2, 0.25) is 11.6 Å². The molecule has 0 amide bonds. The lowest BCUT2D eigenvalue weighted by molar-refractivity contribution is 0.0970. The summed E-state index contributed by atoms with van der Waals surface area (Å²) in [6.45, 7) is 0.560. The first-order valence-corrected chi connectivity index (χ1v) is 7.03. The summed E-state index contributed by atoms with van der Waals surface area (Å²) in [5, 5.41) is 0. The Morgan fingerprint density at radius 2 is 1.68 bits per heavy atom. The van der Waals surface area contributed by atoms with Gasteiger partial charge in [-0.2, -0.15) is 0 Å². The molecule has 3 aromatic rings. The van der Waals surface area contributed by atoms with Gasteiger partial charge < -0.3 is 4.57 Å². The van der Waals surface area contributed by atoms with Crippen molar-refractivity contribution in [1.82, 2.24) is 9.55 Å². The van der Waals surface area contributed by atoms with E-state index in [4.69, 9.17) is 0 Å². The van der Waals surface area contributed by atoms with Crippen LogP contribution in [0.25, 0.3) is 0 Å². The summed E-state index contributed by atoms with van der Waals surface area (Å²) in [5.41, 5.74) is 2.60. The first-order valence-electron chi connectivity index (χ1n) is 7.03. The molecule has 0 saturated carbocycles. The third-order valence-corrected chi connectivity index (χ3v) is 3.89. The molecule has 0 fully saturated rings. The number of fused-ring (bicyclic) bond motifs is 2. The average molecular weight is 288 g/mol. The van der Waals surface area contributed by atoms with Crippen LogP contribution in [0.2, 0.25) is 0 Å². The van der Waals surface area contributed by atoms with Crippen molar-refractivity contribution < 1.29 is 9.59 Å². The molecule has 0 spiro atoms. The molecular weight excluding hydrogens is 276 g/mol. The van der Waals surface area contributed by atoms with Crippen LogP contribution in [-0.2, 0) is 6.54 Å². The SMILES string of the molecule is O=C1c2ccn(Cc3ccccc3)c2C(=O)c2cccnc21. The number of benzene rings is 1. The molecule has 4 rings (SSSR count). The summed E-state index contributed by atoms with van der Waals surface area (Å²) in [6, 6.07) is 14.9. The number of nitrogens with zero attached hydrogens (tertiary/aromatic N) is 2. The minimum atomic E-state index is -0.183. The van der Waals surface area contributed by atoms with E-state index in [1.165, 1.54) is 6.20 Å². The first-order chi connectivity index (χ1) is 10.8. The van der Waals surface area contributed by atoms with Crippen LogP contribution in [-0.4, -0.2) is 21.1 Å². The highest BCUT2D eigenvalue weighted by Gasteiger charge is 2.33. The zero-order valence-electron chi connectivity index (χ0n) is 11.7. The topological polar surface area (TPSA) is 52.0 Å². The van der Waals surface area contributed by atoms with Crippen LogP contribution in [0.5, 0.6) is 0 Å². The van der Waals surface area contributed by atoms with Crippen molar-refractivity contribution in [3.8, 4) is 0 Å². The second-order valence-corrected chi connectivity index (χ2v) is 5.25. The second kappa shape index (κ2) is 4.77. The molecule has 0 aliphatic heterocycles. The Labute approximate surface area is 127 Å². The molecule has 0 N–H and O–H groups in total. The molecule has 0 bridgehead atoms. The fourth-order valence-electron chi connectivity index (χ4n) is 2.85. The lowest BCUT2D eigenvalue weighted by Gasteiger charge is -2.16. The van der Waals surface area contributed by atoms with Crippen molar-refractivity contribution in [3.05, 3.63) is 89.0 Å². The zero-order valence-corrected chi connectivity index (χ0v) is 11.7. The summed E-state index contributed by atoms with van der Waals surface area (Å²) in [5.74, 6) is -0.323. The molecule has 1 aliphatic carbocycles. The highest BCUT2D eigenvalue weighted by atomic mass is 16.1. The van der Waals surface area contributed by atoms with Crippen molar-refractivity contribution in [1.29, 1.82) is 0 Å². The number of aromatic nitrogens is 2. The van der Waals surface area contributed by atoms with Gasteiger partial charge in [-0.15, -0.1) is 0 Å². The highest BCUT2D eigenvalue weighted by molar-refractivity contribution is 6.27. The zero-order chi connectivity index (χ0) is 15.1. The van der Waals surface area contributed by atoms with Gasteiger partial charge in [0, 0.05) is 18.9 Å². The number of hydrogen-bond donors (Lipinski definition) is 0. The van der Waals surface area contributed by atoms with Gasteiger partial charge in [-0.25, -0.2) is 0 Å². The summed E-state index contributed by atoms with van der Waals surface area (Å²) in [6.07, 6.45) is 3.33. The minimum absolute atomic E-state index is 0.140. The Morgan fingerprint density at radius 3 is 2.50 bits per heavy atom. The maximum atomic E-state index is 12.7. The van der Waals surface area contributed by atoms with Crippen molar-refractivity contribution in [2.24, 2.45) is 0 Å². The molecule has 2 heterocycles. The van der Waals surface area contributed by atoms with Crippen molar-refractivity contribution in [3.63, 3.8) is 0 Å². The number of carbonyl (C=O) groups excluding carboxylic acids is 2. The molecular formula is C18H12N2O2. The van der Waals surface area contributed by atoms with E-state index in [1.807, 2.05) is 34.9 Å². The molecule has 0 unspecified atom stereocenters. The highest BCUT2D eigenvalue weighted by Crippen LogP contribution is 2.27. The van der Waals surface area contributed by atoms with Gasteiger partial charge in [0.05, 0.1) is 11.1 Å². The normalized spacial score (nSPS) is 12.9. The molecule has 0 radical (unpaired) electrons. The standard InChI is InChI=1S/C18H12N2O2/c21-17-14-8-10-20(11-12-5-2-1-3-6-12)16(14)18(22)13-7-4-9-19-15(13)17/h1-10H,11H2. The van der Waals surface area contributed by atoms with Gasteiger partial charge in [-0.3, -0.25) is 14.6 Å². The fraction of sp³-hybridized carbons (Fsp3) is 0.0556. The van der Waals surface area contributed by atoms with Gasteiger partial charge in [-0.1, -0.05) is 30.3 Å². The lowest BCUT2D eigenvalue weighted by Crippen LogP contribution is -2.24. The quantitative estimate of drug-likeness (QED) is 0.570. The van der Waals surface area contributed by atoms with Crippen LogP contribution in [0.15, 0.2) is 60.9 Å². The fourth-order valence-corrected chi connectivity index (χ4v) is 2.85. The Balaban J connectivity index is 1.82. The van der Waals surface area contributed by atoms with E-state index in [9.17, 15) is 9.59 Å². The van der Waals surface area contributed by atoms with Gasteiger partial charge >= 0.3 is 0 Å². The number of carbonyl (C=O) groups is 2. The maximum Gasteiger partial charge on any atom is 0.214 e. The van der Waals surface area contributed by atoms with Crippen LogP contribution in [0.3, 0.4) is 0 Å². The molecule has 4 heteroatoms. The predicted molar refractivity (Wildman–Crippen MR) is 81.1 cm³/mol. The summed E-state index contributed by atoms with van der Waals surface area (Å²) in [4.78, 5) is 29.3. The van der Waals surface area contributed by atoms with Gasteiger partial charge in [0.15, 0.2) is 0 Å². The smallest absolute Gasteiger partial charge is 0.214 e. The van der Waals surface area contributed by atoms with Crippen LogP contribution in [0, 0.1) is 0 Å². The number of ketones is 2. The number of rotatable bonds is 2. The Bertz CT molecular complexity index is 894. The lowest BCUT2D eigenvalue weighted by atomic mass is 9.92. The van der Waals surface area contributed by atoms with E-state index in [0.717, 1.165) is 5.56 Å². The molecule has 4 nitrogen and oxygen atoms in total. The van der Waals surface area contributed by atoms with Gasteiger partial charge in [-0.05, 0) is 23.8 Å². The van der Waals surface area contributed by atoms with Crippen molar-refractivity contribution in [2.45, 2.75) is 6.54 Å². The largest absolute Gasteiger partial charge is 0.340 e. The van der Waals surface area contributed by atoms with Gasteiger partial charge in [0.25, 0.3) is 0 Å². The van der Waals surface area contributed by atoms with E-state index in [1.54, 1.807) is 24.4 Å². The minimum Gasteiger partial charge on any atom is -0.340 e. The summed E-state index contributed by atoms with van der Waals surface area (Å²) < 4.78 is 1.83.